The second-order valence-electron chi connectivity index (χ2n) is 1.24. The molecule has 0 aliphatic carbocycles. The van der Waals surface area contributed by atoms with Gasteiger partial charge in [-0.1, -0.05) is 0 Å². The molecule has 0 saturated carbocycles. The lowest BCUT2D eigenvalue weighted by Gasteiger charge is -2.05. The van der Waals surface area contributed by atoms with E-state index in [0.29, 0.717) is 0 Å². The van der Waals surface area contributed by atoms with Gasteiger partial charge in [0.15, 0.2) is 0 Å². The molecule has 0 aromatic heterocycles. The Labute approximate surface area is 56.7 Å². The summed E-state index contributed by atoms with van der Waals surface area (Å²) in [4.78, 5) is 10.0. The van der Waals surface area contributed by atoms with Gasteiger partial charge in [-0.05, 0) is 0 Å². The van der Waals surface area contributed by atoms with Crippen molar-refractivity contribution in [2.24, 2.45) is 22.5 Å². The molecule has 0 rings (SSSR count). The molecule has 0 radical (unpaired) electrons. The van der Waals surface area contributed by atoms with E-state index in [-0.39, 0.29) is 5.96 Å². The first-order chi connectivity index (χ1) is 4.70. The summed E-state index contributed by atoms with van der Waals surface area (Å²) >= 11 is 0. The van der Waals surface area contributed by atoms with Gasteiger partial charge < -0.3 is 11.6 Å². The molecule has 2 amide bonds. The largest absolute Gasteiger partial charge is 0.350 e. The number of amides is 2. The van der Waals surface area contributed by atoms with Gasteiger partial charge >= 0.3 is 6.03 Å². The van der Waals surface area contributed by atoms with Crippen LogP contribution in [0.1, 0.15) is 0 Å². The minimum atomic E-state index is -0.767. The molecule has 0 bridgehead atoms. The highest BCUT2D eigenvalue weighted by Gasteiger charge is 1.93. The van der Waals surface area contributed by atoms with Gasteiger partial charge in [-0.2, -0.15) is 0 Å². The number of carbonyl (C=O) groups is 1. The second kappa shape index (κ2) is 4.21. The Balaban J connectivity index is 3.56. The Morgan fingerprint density at radius 3 is 2.30 bits per heavy atom. The summed E-state index contributed by atoms with van der Waals surface area (Å²) in [5, 5.41) is 3.08. The Hall–Kier alpha value is -1.70. The number of guanidine groups is 1. The standard InChI is InChI=1S/C2H9N7O/c3-1(10)8-9-2(6-4)7-5/h4-5H2,(H3,3,8,10)(H2,6,7,9). The van der Waals surface area contributed by atoms with Crippen LogP contribution in [0.4, 0.5) is 4.79 Å². The van der Waals surface area contributed by atoms with Crippen LogP contribution in [0, 0.1) is 0 Å². The second-order valence-corrected chi connectivity index (χ2v) is 1.24. The number of rotatable bonds is 0. The van der Waals surface area contributed by atoms with Crippen LogP contribution in [0.2, 0.25) is 0 Å². The van der Waals surface area contributed by atoms with Crippen LogP contribution in [0.15, 0.2) is 5.10 Å². The predicted octanol–water partition coefficient (Wildman–Crippen LogP) is -3.15. The number of hydrazine groups is 2. The molecule has 0 fully saturated rings. The number of hydrogen-bond acceptors (Lipinski definition) is 4. The SMILES string of the molecule is N/N=C(\NN)NNC(N)=O. The van der Waals surface area contributed by atoms with Crippen LogP contribution >= 0.6 is 0 Å². The molecule has 0 aromatic rings. The van der Waals surface area contributed by atoms with Crippen molar-refractivity contribution in [1.29, 1.82) is 0 Å². The van der Waals surface area contributed by atoms with Gasteiger partial charge in [0.05, 0.1) is 0 Å². The lowest BCUT2D eigenvalue weighted by molar-refractivity contribution is 0.247. The molecule has 0 saturated heterocycles. The fraction of sp³-hybridized carbons (Fsp3) is 0. The van der Waals surface area contributed by atoms with E-state index in [4.69, 9.17) is 11.7 Å². The van der Waals surface area contributed by atoms with Gasteiger partial charge in [0, 0.05) is 0 Å². The zero-order valence-corrected chi connectivity index (χ0v) is 5.09. The van der Waals surface area contributed by atoms with E-state index in [9.17, 15) is 4.79 Å². The Kier molecular flexibility index (Phi) is 3.49. The Morgan fingerprint density at radius 2 is 2.00 bits per heavy atom. The number of nitrogens with zero attached hydrogens (tertiary/aromatic N) is 1. The predicted molar refractivity (Wildman–Crippen MR) is 34.8 cm³/mol. The van der Waals surface area contributed by atoms with Crippen molar-refractivity contribution in [2.75, 3.05) is 0 Å². The normalized spacial score (nSPS) is 10.3. The van der Waals surface area contributed by atoms with Crippen molar-refractivity contribution >= 4 is 12.0 Å². The zero-order valence-electron chi connectivity index (χ0n) is 5.09. The summed E-state index contributed by atoms with van der Waals surface area (Å²) in [6, 6.07) is -0.767. The van der Waals surface area contributed by atoms with Crippen LogP contribution in [0.5, 0.6) is 0 Å². The first kappa shape index (κ1) is 8.30. The van der Waals surface area contributed by atoms with E-state index in [0.717, 1.165) is 0 Å². The summed E-state index contributed by atoms with van der Waals surface area (Å²) in [7, 11) is 0. The van der Waals surface area contributed by atoms with E-state index < -0.39 is 6.03 Å². The minimum Gasteiger partial charge on any atom is -0.350 e. The molecule has 0 aliphatic heterocycles. The number of hydrazone groups is 1. The maximum Gasteiger partial charge on any atom is 0.330 e. The summed E-state index contributed by atoms with van der Waals surface area (Å²) in [6.45, 7) is 0. The lowest BCUT2D eigenvalue weighted by atomic mass is 11.0. The van der Waals surface area contributed by atoms with Crippen LogP contribution < -0.4 is 33.7 Å². The maximum absolute atomic E-state index is 10.0. The quantitative estimate of drug-likeness (QED) is 0.0927. The number of primary amides is 1. The average Bonchev–Trinajstić information content (AvgIpc) is 1.90. The van der Waals surface area contributed by atoms with Crippen LogP contribution in [-0.2, 0) is 0 Å². The molecule has 0 spiro atoms. The van der Waals surface area contributed by atoms with Crippen molar-refractivity contribution in [2.45, 2.75) is 0 Å². The van der Waals surface area contributed by atoms with Gasteiger partial charge in [0.2, 0.25) is 5.96 Å². The number of nitrogens with two attached hydrogens (primary N) is 3. The number of nitrogens with one attached hydrogen (secondary N) is 3. The monoisotopic (exact) mass is 147 g/mol. The Bertz CT molecular complexity index is 141. The van der Waals surface area contributed by atoms with Gasteiger partial charge in [-0.25, -0.2) is 16.1 Å². The van der Waals surface area contributed by atoms with E-state index in [2.05, 4.69) is 21.7 Å². The highest BCUT2D eigenvalue weighted by molar-refractivity contribution is 5.82. The summed E-state index contributed by atoms with van der Waals surface area (Å²) < 4.78 is 0. The zero-order chi connectivity index (χ0) is 7.98. The molecule has 58 valence electrons. The third-order valence-corrected chi connectivity index (χ3v) is 0.570. The molecule has 10 heavy (non-hydrogen) atoms. The fourth-order valence-electron chi connectivity index (χ4n) is 0.226. The molecular formula is C2H9N7O. The third kappa shape index (κ3) is 3.32. The molecule has 8 heteroatoms. The smallest absolute Gasteiger partial charge is 0.330 e. The van der Waals surface area contributed by atoms with Gasteiger partial charge in [-0.15, -0.1) is 5.10 Å². The minimum absolute atomic E-state index is 0.00111. The molecule has 0 aliphatic rings. The number of carbonyl (C=O) groups excluding carboxylic acids is 1. The first-order valence-corrected chi connectivity index (χ1v) is 2.26. The number of hydrogen-bond donors (Lipinski definition) is 6. The summed E-state index contributed by atoms with van der Waals surface area (Å²) in [5.41, 5.74) is 10.9. The van der Waals surface area contributed by atoms with Crippen LogP contribution in [0.25, 0.3) is 0 Å². The van der Waals surface area contributed by atoms with Gasteiger partial charge in [0.1, 0.15) is 0 Å². The van der Waals surface area contributed by atoms with E-state index in [1.165, 1.54) is 0 Å². The maximum atomic E-state index is 10.0. The molecule has 9 N–H and O–H groups in total. The topological polar surface area (TPSA) is 144 Å². The van der Waals surface area contributed by atoms with E-state index in [1.807, 2.05) is 5.43 Å². The van der Waals surface area contributed by atoms with Crippen molar-refractivity contribution in [3.05, 3.63) is 0 Å². The molecule has 0 heterocycles. The van der Waals surface area contributed by atoms with Crippen molar-refractivity contribution in [3.63, 3.8) is 0 Å². The molecule has 0 atom stereocenters. The first-order valence-electron chi connectivity index (χ1n) is 2.26. The fourth-order valence-corrected chi connectivity index (χ4v) is 0.226. The Morgan fingerprint density at radius 1 is 1.40 bits per heavy atom. The average molecular weight is 147 g/mol. The lowest BCUT2D eigenvalue weighted by Crippen LogP contribution is -2.52. The highest BCUT2D eigenvalue weighted by atomic mass is 16.2. The van der Waals surface area contributed by atoms with Crippen molar-refractivity contribution in [1.82, 2.24) is 16.3 Å². The van der Waals surface area contributed by atoms with E-state index in [1.54, 1.807) is 0 Å². The van der Waals surface area contributed by atoms with Crippen LogP contribution in [0.3, 0.4) is 0 Å². The number of urea groups is 1. The molecule has 0 unspecified atom stereocenters. The van der Waals surface area contributed by atoms with E-state index >= 15 is 0 Å². The van der Waals surface area contributed by atoms with Crippen LogP contribution in [-0.4, -0.2) is 12.0 Å². The molecule has 0 aromatic carbocycles. The highest BCUT2D eigenvalue weighted by Crippen LogP contribution is 1.53. The molecule has 8 nitrogen and oxygen atoms in total. The van der Waals surface area contributed by atoms with Crippen molar-refractivity contribution < 1.29 is 4.79 Å². The third-order valence-electron chi connectivity index (χ3n) is 0.570. The molecular weight excluding hydrogens is 138 g/mol. The summed E-state index contributed by atoms with van der Waals surface area (Å²) in [5.74, 6) is 9.61. The van der Waals surface area contributed by atoms with Crippen molar-refractivity contribution in [3.8, 4) is 0 Å². The van der Waals surface area contributed by atoms with Gasteiger partial charge in [-0.3, -0.25) is 10.9 Å². The summed E-state index contributed by atoms with van der Waals surface area (Å²) in [6.07, 6.45) is 0. The van der Waals surface area contributed by atoms with Gasteiger partial charge in [0.25, 0.3) is 0 Å².